The van der Waals surface area contributed by atoms with Crippen LogP contribution in [0.25, 0.3) is 5.57 Å². The summed E-state index contributed by atoms with van der Waals surface area (Å²) in [6.07, 6.45) is 3.38. The zero-order chi connectivity index (χ0) is 19.8. The Morgan fingerprint density at radius 3 is 2.85 bits per heavy atom. The number of thiazole rings is 1. The van der Waals surface area contributed by atoms with E-state index in [1.54, 1.807) is 10.3 Å². The molecule has 27 heavy (non-hydrogen) atoms. The fourth-order valence-corrected chi connectivity index (χ4v) is 3.41. The Hall–Kier alpha value is -2.40. The number of aromatic nitrogens is 1. The van der Waals surface area contributed by atoms with Crippen molar-refractivity contribution >= 4 is 53.7 Å². The summed E-state index contributed by atoms with van der Waals surface area (Å²) in [7, 11) is 1.21. The summed E-state index contributed by atoms with van der Waals surface area (Å²) in [6.45, 7) is 0.836. The lowest BCUT2D eigenvalue weighted by Crippen LogP contribution is -2.49. The number of amides is 3. The maximum atomic E-state index is 12.4. The third-order valence-corrected chi connectivity index (χ3v) is 5.12. The first-order valence-corrected chi connectivity index (χ1v) is 9.60. The molecule has 0 saturated heterocycles. The number of nitrogens with zero attached hydrogens (tertiary/aromatic N) is 2. The quantitative estimate of drug-likeness (QED) is 0.307. The van der Waals surface area contributed by atoms with Gasteiger partial charge in [0.15, 0.2) is 0 Å². The van der Waals surface area contributed by atoms with Crippen LogP contribution in [-0.2, 0) is 19.1 Å². The lowest BCUT2D eigenvalue weighted by Gasteiger charge is -2.21. The van der Waals surface area contributed by atoms with Gasteiger partial charge in [-0.3, -0.25) is 19.2 Å². The summed E-state index contributed by atoms with van der Waals surface area (Å²) in [4.78, 5) is 52.2. The van der Waals surface area contributed by atoms with E-state index in [1.807, 2.05) is 6.08 Å². The van der Waals surface area contributed by atoms with E-state index in [2.05, 4.69) is 33.0 Å². The minimum absolute atomic E-state index is 0.0580. The van der Waals surface area contributed by atoms with Gasteiger partial charge in [-0.25, -0.2) is 4.98 Å². The van der Waals surface area contributed by atoms with Gasteiger partial charge in [-0.2, -0.15) is 12.6 Å². The van der Waals surface area contributed by atoms with Crippen LogP contribution in [0.4, 0.5) is 0 Å². The van der Waals surface area contributed by atoms with Gasteiger partial charge >= 0.3 is 5.97 Å². The Kier molecular flexibility index (Phi) is 7.80. The van der Waals surface area contributed by atoms with Crippen molar-refractivity contribution in [3.63, 3.8) is 0 Å². The Bertz CT molecular complexity index is 749. The predicted octanol–water partition coefficient (Wildman–Crippen LogP) is -0.294. The van der Waals surface area contributed by atoms with Crippen molar-refractivity contribution in [2.45, 2.75) is 12.5 Å². The van der Waals surface area contributed by atoms with Crippen molar-refractivity contribution < 1.29 is 23.9 Å². The topological polar surface area (TPSA) is 118 Å². The normalized spacial score (nSPS) is 14.7. The molecule has 2 rings (SSSR count). The molecule has 2 heterocycles. The van der Waals surface area contributed by atoms with E-state index in [9.17, 15) is 19.2 Å². The SMILES string of the molecule is COC(=O)CNC(=O)C(CS)NC(=O)c1csc(C2=CCN(C=O)CC2)n1. The van der Waals surface area contributed by atoms with E-state index >= 15 is 0 Å². The molecule has 0 radical (unpaired) electrons. The molecule has 0 spiro atoms. The van der Waals surface area contributed by atoms with E-state index in [-0.39, 0.29) is 18.0 Å². The van der Waals surface area contributed by atoms with Crippen LogP contribution in [0.1, 0.15) is 21.9 Å². The van der Waals surface area contributed by atoms with Gasteiger partial charge in [-0.15, -0.1) is 11.3 Å². The predicted molar refractivity (Wildman–Crippen MR) is 102 cm³/mol. The number of nitrogens with one attached hydrogen (secondary N) is 2. The first kappa shape index (κ1) is 20.9. The van der Waals surface area contributed by atoms with E-state index in [0.717, 1.165) is 12.0 Å². The highest BCUT2D eigenvalue weighted by atomic mass is 32.1. The largest absolute Gasteiger partial charge is 0.468 e. The Morgan fingerprint density at radius 1 is 1.48 bits per heavy atom. The summed E-state index contributed by atoms with van der Waals surface area (Å²) in [5.41, 5.74) is 1.18. The molecule has 0 fully saturated rings. The molecule has 0 aromatic carbocycles. The first-order valence-electron chi connectivity index (χ1n) is 8.09. The molecule has 0 saturated carbocycles. The van der Waals surface area contributed by atoms with Crippen LogP contribution < -0.4 is 10.6 Å². The van der Waals surface area contributed by atoms with Crippen LogP contribution >= 0.6 is 24.0 Å². The fourth-order valence-electron chi connectivity index (χ4n) is 2.28. The van der Waals surface area contributed by atoms with Crippen LogP contribution in [0, 0.1) is 0 Å². The average Bonchev–Trinajstić information content (AvgIpc) is 3.20. The van der Waals surface area contributed by atoms with Gasteiger partial charge in [0.1, 0.15) is 23.3 Å². The third-order valence-electron chi connectivity index (χ3n) is 3.84. The number of hydrogen-bond donors (Lipinski definition) is 3. The third kappa shape index (κ3) is 5.79. The Labute approximate surface area is 165 Å². The minimum atomic E-state index is -0.911. The molecule has 146 valence electrons. The molecule has 1 aliphatic rings. The zero-order valence-electron chi connectivity index (χ0n) is 14.6. The van der Waals surface area contributed by atoms with Gasteiger partial charge in [0.25, 0.3) is 5.91 Å². The number of carbonyl (C=O) groups is 4. The van der Waals surface area contributed by atoms with Gasteiger partial charge in [-0.05, 0) is 12.0 Å². The maximum Gasteiger partial charge on any atom is 0.325 e. The number of esters is 1. The summed E-state index contributed by atoms with van der Waals surface area (Å²) >= 11 is 5.39. The van der Waals surface area contributed by atoms with Crippen molar-refractivity contribution in [1.82, 2.24) is 20.5 Å². The van der Waals surface area contributed by atoms with E-state index in [1.165, 1.54) is 18.4 Å². The summed E-state index contributed by atoms with van der Waals surface area (Å²) in [6, 6.07) is -0.911. The number of rotatable bonds is 8. The van der Waals surface area contributed by atoms with Crippen molar-refractivity contribution in [2.24, 2.45) is 0 Å². The second kappa shape index (κ2) is 10.1. The monoisotopic (exact) mass is 412 g/mol. The molecule has 1 aromatic heterocycles. The van der Waals surface area contributed by atoms with Crippen LogP contribution in [0.5, 0.6) is 0 Å². The van der Waals surface area contributed by atoms with Crippen LogP contribution in [0.2, 0.25) is 0 Å². The van der Waals surface area contributed by atoms with Gasteiger partial charge in [0, 0.05) is 24.2 Å². The maximum absolute atomic E-state index is 12.4. The lowest BCUT2D eigenvalue weighted by molar-refractivity contribution is -0.141. The second-order valence-corrected chi connectivity index (χ2v) is 6.84. The average molecular weight is 412 g/mol. The molecule has 11 heteroatoms. The number of carbonyl (C=O) groups excluding carboxylic acids is 4. The zero-order valence-corrected chi connectivity index (χ0v) is 16.3. The Morgan fingerprint density at radius 2 is 2.26 bits per heavy atom. The van der Waals surface area contributed by atoms with Crippen molar-refractivity contribution in [1.29, 1.82) is 0 Å². The van der Waals surface area contributed by atoms with Crippen molar-refractivity contribution in [3.05, 3.63) is 22.2 Å². The number of methoxy groups -OCH3 is 1. The van der Waals surface area contributed by atoms with E-state index in [0.29, 0.717) is 24.5 Å². The van der Waals surface area contributed by atoms with Gasteiger partial charge < -0.3 is 20.3 Å². The van der Waals surface area contributed by atoms with Crippen LogP contribution in [0.3, 0.4) is 0 Å². The summed E-state index contributed by atoms with van der Waals surface area (Å²) in [5, 5.41) is 7.24. The summed E-state index contributed by atoms with van der Waals surface area (Å²) in [5.74, 6) is -1.58. The van der Waals surface area contributed by atoms with Gasteiger partial charge in [0.2, 0.25) is 12.3 Å². The van der Waals surface area contributed by atoms with Crippen LogP contribution in [0.15, 0.2) is 11.5 Å². The number of ether oxygens (including phenoxy) is 1. The molecule has 3 amide bonds. The molecular formula is C16H20N4O5S2. The number of hydrogen-bond acceptors (Lipinski definition) is 8. The lowest BCUT2D eigenvalue weighted by atomic mass is 10.1. The second-order valence-electron chi connectivity index (χ2n) is 5.62. The van der Waals surface area contributed by atoms with Crippen molar-refractivity contribution in [2.75, 3.05) is 32.5 Å². The first-order chi connectivity index (χ1) is 13.0. The van der Waals surface area contributed by atoms with Crippen molar-refractivity contribution in [3.8, 4) is 0 Å². The highest BCUT2D eigenvalue weighted by molar-refractivity contribution is 7.80. The molecule has 9 nitrogen and oxygen atoms in total. The molecule has 0 aliphatic carbocycles. The van der Waals surface area contributed by atoms with Crippen LogP contribution in [-0.4, -0.2) is 72.6 Å². The molecule has 1 atom stereocenters. The smallest absolute Gasteiger partial charge is 0.325 e. The van der Waals surface area contributed by atoms with Gasteiger partial charge in [-0.1, -0.05) is 6.08 Å². The highest BCUT2D eigenvalue weighted by Crippen LogP contribution is 2.25. The highest BCUT2D eigenvalue weighted by Gasteiger charge is 2.23. The van der Waals surface area contributed by atoms with E-state index < -0.39 is 23.8 Å². The molecule has 2 N–H and O–H groups in total. The fraction of sp³-hybridized carbons (Fsp3) is 0.438. The molecule has 1 unspecified atom stereocenters. The van der Waals surface area contributed by atoms with Gasteiger partial charge in [0.05, 0.1) is 7.11 Å². The molecule has 1 aliphatic heterocycles. The Balaban J connectivity index is 1.96. The molecule has 1 aromatic rings. The molecular weight excluding hydrogens is 392 g/mol. The summed E-state index contributed by atoms with van der Waals surface area (Å²) < 4.78 is 4.44. The van der Waals surface area contributed by atoms with E-state index in [4.69, 9.17) is 0 Å². The standard InChI is InChI=1S/C16H20N4O5S2/c1-25-13(22)6-17-14(23)11(7-26)18-15(24)12-8-27-16(19-12)10-2-4-20(9-21)5-3-10/h2,8-9,11,26H,3-7H2,1H3,(H,17,23)(H,18,24). The number of thiol groups is 1. The molecule has 0 bridgehead atoms. The minimum Gasteiger partial charge on any atom is -0.468 e.